The number of phenolic OH excluding ortho intramolecular Hbond substituents is 8. The molecule has 6 rings (SSSR count). The average molecular weight is 607 g/mol. The Morgan fingerprint density at radius 1 is 0.545 bits per heavy atom. The molecule has 0 aromatic heterocycles. The van der Waals surface area contributed by atoms with E-state index in [1.54, 1.807) is 6.92 Å². The highest BCUT2D eigenvalue weighted by atomic mass is 16.5. The van der Waals surface area contributed by atoms with E-state index in [4.69, 9.17) is 9.47 Å². The molecule has 0 aliphatic carbocycles. The second-order valence-electron chi connectivity index (χ2n) is 11.2. The summed E-state index contributed by atoms with van der Waals surface area (Å²) in [4.78, 5) is 0. The molecule has 2 aliphatic rings. The van der Waals surface area contributed by atoms with Gasteiger partial charge < -0.3 is 60.5 Å². The lowest BCUT2D eigenvalue weighted by molar-refractivity contribution is 0.000547. The molecule has 4 aromatic carbocycles. The summed E-state index contributed by atoms with van der Waals surface area (Å²) in [6.07, 6.45) is -5.22. The molecule has 44 heavy (non-hydrogen) atoms. The molecule has 12 nitrogen and oxygen atoms in total. The second-order valence-corrected chi connectivity index (χ2v) is 11.2. The Hall–Kier alpha value is -5.20. The fourth-order valence-electron chi connectivity index (χ4n) is 6.17. The third-order valence-electron chi connectivity index (χ3n) is 8.54. The molecule has 2 aliphatic heterocycles. The van der Waals surface area contributed by atoms with Crippen molar-refractivity contribution >= 4 is 0 Å². The maximum absolute atomic E-state index is 11.7. The van der Waals surface area contributed by atoms with E-state index < -0.39 is 70.7 Å². The molecule has 0 bridgehead atoms. The summed E-state index contributed by atoms with van der Waals surface area (Å²) in [5.74, 6) is -5.82. The number of benzene rings is 4. The van der Waals surface area contributed by atoms with Crippen molar-refractivity contribution in [3.05, 3.63) is 81.9 Å². The Kier molecular flexibility index (Phi) is 6.71. The van der Waals surface area contributed by atoms with Crippen LogP contribution in [0.25, 0.3) is 0 Å². The van der Waals surface area contributed by atoms with Gasteiger partial charge >= 0.3 is 0 Å². The summed E-state index contributed by atoms with van der Waals surface area (Å²) >= 11 is 0. The molecule has 0 amide bonds. The lowest BCUT2D eigenvalue weighted by Crippen LogP contribution is -2.36. The summed E-state index contributed by atoms with van der Waals surface area (Å²) in [5, 5.41) is 107. The number of fused-ring (bicyclic) bond motifs is 2. The van der Waals surface area contributed by atoms with Gasteiger partial charge in [-0.2, -0.15) is 0 Å². The highest BCUT2D eigenvalue weighted by Crippen LogP contribution is 2.58. The van der Waals surface area contributed by atoms with E-state index in [1.807, 2.05) is 0 Å². The van der Waals surface area contributed by atoms with E-state index in [0.717, 1.165) is 6.07 Å². The molecule has 0 fully saturated rings. The zero-order chi connectivity index (χ0) is 31.8. The van der Waals surface area contributed by atoms with Gasteiger partial charge in [0.15, 0.2) is 35.2 Å². The largest absolute Gasteiger partial charge is 0.507 e. The SMILES string of the molecule is Cc1c(O)cc(O)c2c1O[C@H](c1ccc(O)c(O)c1)[C@H](O)[C@H]2c1c(O)cc2c(c1O)[C@H](C)[C@@H](O)[C@@H](c1ccc(O)c(O)c1)O2. The number of rotatable bonds is 3. The molecular formula is C32H30O12. The van der Waals surface area contributed by atoms with Crippen LogP contribution in [0.3, 0.4) is 0 Å². The zero-order valence-electron chi connectivity index (χ0n) is 23.4. The fourth-order valence-corrected chi connectivity index (χ4v) is 6.17. The molecule has 0 saturated heterocycles. The predicted molar refractivity (Wildman–Crippen MR) is 153 cm³/mol. The first kappa shape index (κ1) is 28.9. The van der Waals surface area contributed by atoms with E-state index in [2.05, 4.69) is 0 Å². The lowest BCUT2D eigenvalue weighted by atomic mass is 9.76. The third kappa shape index (κ3) is 4.29. The molecule has 4 aromatic rings. The van der Waals surface area contributed by atoms with Crippen LogP contribution in [-0.4, -0.2) is 63.3 Å². The predicted octanol–water partition coefficient (Wildman–Crippen LogP) is 3.86. The van der Waals surface area contributed by atoms with Crippen LogP contribution < -0.4 is 9.47 Å². The van der Waals surface area contributed by atoms with Crippen LogP contribution in [0.15, 0.2) is 48.5 Å². The summed E-state index contributed by atoms with van der Waals surface area (Å²) in [6, 6.07) is 9.91. The van der Waals surface area contributed by atoms with Crippen molar-refractivity contribution in [2.45, 2.75) is 50.1 Å². The van der Waals surface area contributed by atoms with Crippen LogP contribution in [0.1, 0.15) is 64.3 Å². The van der Waals surface area contributed by atoms with Crippen molar-refractivity contribution in [1.29, 1.82) is 0 Å². The first-order valence-electron chi connectivity index (χ1n) is 13.7. The monoisotopic (exact) mass is 606 g/mol. The van der Waals surface area contributed by atoms with Gasteiger partial charge in [0.25, 0.3) is 0 Å². The zero-order valence-corrected chi connectivity index (χ0v) is 23.4. The molecule has 6 atom stereocenters. The van der Waals surface area contributed by atoms with Crippen molar-refractivity contribution < 1.29 is 60.5 Å². The first-order chi connectivity index (χ1) is 20.8. The van der Waals surface area contributed by atoms with Crippen LogP contribution in [0, 0.1) is 6.92 Å². The molecule has 10 N–H and O–H groups in total. The smallest absolute Gasteiger partial charge is 0.157 e. The van der Waals surface area contributed by atoms with Gasteiger partial charge in [0.1, 0.15) is 46.7 Å². The lowest BCUT2D eigenvalue weighted by Gasteiger charge is -2.40. The normalized spacial score (nSPS) is 24.1. The van der Waals surface area contributed by atoms with Crippen molar-refractivity contribution in [2.75, 3.05) is 0 Å². The minimum atomic E-state index is -1.62. The van der Waals surface area contributed by atoms with Crippen molar-refractivity contribution in [3.8, 4) is 57.5 Å². The van der Waals surface area contributed by atoms with Gasteiger partial charge in [0.05, 0.1) is 5.92 Å². The summed E-state index contributed by atoms with van der Waals surface area (Å²) in [6.45, 7) is 3.11. The van der Waals surface area contributed by atoms with Gasteiger partial charge in [-0.25, -0.2) is 0 Å². The highest BCUT2D eigenvalue weighted by molar-refractivity contribution is 5.67. The van der Waals surface area contributed by atoms with E-state index in [-0.39, 0.29) is 50.8 Å². The Labute approximate surface area is 250 Å². The van der Waals surface area contributed by atoms with Crippen LogP contribution in [0.2, 0.25) is 0 Å². The minimum Gasteiger partial charge on any atom is -0.507 e. The topological polar surface area (TPSA) is 221 Å². The fraction of sp³-hybridized carbons (Fsp3) is 0.250. The van der Waals surface area contributed by atoms with Crippen LogP contribution in [0.4, 0.5) is 0 Å². The maximum atomic E-state index is 11.7. The molecule has 0 spiro atoms. The van der Waals surface area contributed by atoms with Gasteiger partial charge in [-0.1, -0.05) is 19.1 Å². The Morgan fingerprint density at radius 3 is 1.66 bits per heavy atom. The molecule has 230 valence electrons. The van der Waals surface area contributed by atoms with E-state index in [0.29, 0.717) is 5.56 Å². The summed E-state index contributed by atoms with van der Waals surface area (Å²) < 4.78 is 12.0. The van der Waals surface area contributed by atoms with Crippen molar-refractivity contribution in [1.82, 2.24) is 0 Å². The number of hydrogen-bond acceptors (Lipinski definition) is 12. The Morgan fingerprint density at radius 2 is 1.09 bits per heavy atom. The maximum Gasteiger partial charge on any atom is 0.157 e. The first-order valence-corrected chi connectivity index (χ1v) is 13.7. The molecule has 12 heteroatoms. The number of aliphatic hydroxyl groups excluding tert-OH is 2. The van der Waals surface area contributed by atoms with Crippen LogP contribution in [0.5, 0.6) is 57.5 Å². The van der Waals surface area contributed by atoms with E-state index >= 15 is 0 Å². The molecule has 0 unspecified atom stereocenters. The van der Waals surface area contributed by atoms with E-state index in [1.165, 1.54) is 49.4 Å². The third-order valence-corrected chi connectivity index (χ3v) is 8.54. The quantitative estimate of drug-likeness (QED) is 0.150. The van der Waals surface area contributed by atoms with E-state index in [9.17, 15) is 51.1 Å². The Bertz CT molecular complexity index is 1800. The number of hydrogen-bond donors (Lipinski definition) is 10. The number of phenols is 8. The van der Waals surface area contributed by atoms with Gasteiger partial charge in [0, 0.05) is 40.3 Å². The van der Waals surface area contributed by atoms with Crippen LogP contribution >= 0.6 is 0 Å². The van der Waals surface area contributed by atoms with Crippen LogP contribution in [-0.2, 0) is 0 Å². The van der Waals surface area contributed by atoms with Crippen molar-refractivity contribution in [3.63, 3.8) is 0 Å². The minimum absolute atomic E-state index is 0.00648. The van der Waals surface area contributed by atoms with Gasteiger partial charge in [0.2, 0.25) is 0 Å². The highest BCUT2D eigenvalue weighted by Gasteiger charge is 2.47. The number of ether oxygens (including phenoxy) is 2. The number of aliphatic hydroxyl groups is 2. The molecule has 2 heterocycles. The average Bonchev–Trinajstić information content (AvgIpc) is 2.97. The Balaban J connectivity index is 1.52. The van der Waals surface area contributed by atoms with Gasteiger partial charge in [-0.15, -0.1) is 0 Å². The van der Waals surface area contributed by atoms with Gasteiger partial charge in [-0.3, -0.25) is 0 Å². The van der Waals surface area contributed by atoms with Gasteiger partial charge in [-0.05, 0) is 42.3 Å². The molecular weight excluding hydrogens is 576 g/mol. The second kappa shape index (κ2) is 10.2. The number of aromatic hydroxyl groups is 8. The summed E-state index contributed by atoms with van der Waals surface area (Å²) in [7, 11) is 0. The van der Waals surface area contributed by atoms with Crippen molar-refractivity contribution in [2.24, 2.45) is 0 Å². The standard InChI is InChI=1S/C32H30O12/c1-11-17(35)9-20(38)25-26(29(42)32(44-30(11)25)14-4-6-16(34)19(37)8-14)24-21(39)10-22-23(28(24)41)12(2)27(40)31(43-22)13-3-5-15(33)18(36)7-13/h3-10,12,26-27,29,31-42H,1-2H3/t12-,26-,27+,29+,31+,32+/m0/s1. The molecule has 0 radical (unpaired) electrons. The molecule has 0 saturated carbocycles. The summed E-state index contributed by atoms with van der Waals surface area (Å²) in [5.41, 5.74) is 0.542.